The molecule has 0 aliphatic carbocycles. The molecule has 0 saturated heterocycles. The zero-order valence-electron chi connectivity index (χ0n) is 29.7. The van der Waals surface area contributed by atoms with Crippen LogP contribution in [0.15, 0.2) is 71.8 Å². The quantitative estimate of drug-likeness (QED) is 0.0627. The van der Waals surface area contributed by atoms with E-state index in [4.69, 9.17) is 14.2 Å². The molecule has 0 aliphatic heterocycles. The maximum Gasteiger partial charge on any atom is 0.407 e. The highest BCUT2D eigenvalue weighted by molar-refractivity contribution is 5.94. The van der Waals surface area contributed by atoms with Crippen molar-refractivity contribution in [1.82, 2.24) is 10.6 Å². The first-order chi connectivity index (χ1) is 22.6. The van der Waals surface area contributed by atoms with Crippen LogP contribution < -0.4 is 15.4 Å². The summed E-state index contributed by atoms with van der Waals surface area (Å²) in [5, 5.41) is 5.51. The maximum atomic E-state index is 13.2. The maximum absolute atomic E-state index is 13.2. The van der Waals surface area contributed by atoms with E-state index in [1.807, 2.05) is 70.2 Å². The molecular weight excluding hydrogens is 608 g/mol. The highest BCUT2D eigenvalue weighted by Crippen LogP contribution is 2.29. The van der Waals surface area contributed by atoms with Gasteiger partial charge < -0.3 is 24.8 Å². The highest BCUT2D eigenvalue weighted by atomic mass is 16.6. The largest absolute Gasteiger partial charge is 0.459 e. The molecule has 0 spiro atoms. The van der Waals surface area contributed by atoms with E-state index in [0.717, 1.165) is 33.4 Å². The van der Waals surface area contributed by atoms with E-state index < -0.39 is 35.6 Å². The molecule has 0 saturated carbocycles. The fraction of sp³-hybridized carbons (Fsp3) is 0.436. The first-order valence-corrected chi connectivity index (χ1v) is 16.4. The number of esters is 2. The van der Waals surface area contributed by atoms with Gasteiger partial charge in [-0.15, -0.1) is 0 Å². The molecule has 2 N–H and O–H groups in total. The van der Waals surface area contributed by atoms with Gasteiger partial charge in [0.05, 0.1) is 0 Å². The number of alkyl carbamates (subject to hydrolysis) is 1. The minimum atomic E-state index is -0.889. The van der Waals surface area contributed by atoms with Crippen molar-refractivity contribution in [2.45, 2.75) is 106 Å². The van der Waals surface area contributed by atoms with Crippen molar-refractivity contribution >= 4 is 30.0 Å². The predicted octanol–water partition coefficient (Wildman–Crippen LogP) is 7.57. The van der Waals surface area contributed by atoms with Gasteiger partial charge in [0, 0.05) is 19.5 Å². The fourth-order valence-corrected chi connectivity index (χ4v) is 4.53. The molecule has 1 atom stereocenters. The smallest absolute Gasteiger partial charge is 0.407 e. The Morgan fingerprint density at radius 1 is 0.854 bits per heavy atom. The lowest BCUT2D eigenvalue weighted by atomic mass is 9.98. The first-order valence-electron chi connectivity index (χ1n) is 16.4. The number of allylic oxidation sites excluding steroid dienone is 4. The Kier molecular flexibility index (Phi) is 16.4. The lowest BCUT2D eigenvalue weighted by Gasteiger charge is -2.20. The zero-order valence-corrected chi connectivity index (χ0v) is 29.7. The minimum absolute atomic E-state index is 0.0830. The minimum Gasteiger partial charge on any atom is -0.459 e. The Balaban J connectivity index is 2.23. The number of rotatable bonds is 16. The molecule has 0 aliphatic rings. The van der Waals surface area contributed by atoms with Crippen LogP contribution in [0.4, 0.5) is 4.79 Å². The van der Waals surface area contributed by atoms with Crippen molar-refractivity contribution in [3.8, 4) is 5.75 Å². The molecule has 2 aromatic carbocycles. The second-order valence-corrected chi connectivity index (χ2v) is 13.1. The molecule has 2 rings (SSSR count). The van der Waals surface area contributed by atoms with E-state index >= 15 is 0 Å². The Labute approximate surface area is 285 Å². The van der Waals surface area contributed by atoms with Crippen LogP contribution in [0, 0.1) is 0 Å². The summed E-state index contributed by atoms with van der Waals surface area (Å²) in [5.74, 6) is -0.870. The summed E-state index contributed by atoms with van der Waals surface area (Å²) in [5.41, 5.74) is 4.90. The van der Waals surface area contributed by atoms with Crippen LogP contribution in [0.2, 0.25) is 0 Å². The Bertz CT molecular complexity index is 1430. The molecule has 260 valence electrons. The number of amides is 2. The van der Waals surface area contributed by atoms with Gasteiger partial charge in [-0.05, 0) is 121 Å². The van der Waals surface area contributed by atoms with E-state index in [-0.39, 0.29) is 6.61 Å². The summed E-state index contributed by atoms with van der Waals surface area (Å²) in [7, 11) is 0. The predicted molar refractivity (Wildman–Crippen MR) is 189 cm³/mol. The van der Waals surface area contributed by atoms with Crippen molar-refractivity contribution in [2.24, 2.45) is 0 Å². The van der Waals surface area contributed by atoms with Crippen LogP contribution in [0.5, 0.6) is 5.75 Å². The van der Waals surface area contributed by atoms with Crippen LogP contribution in [0.3, 0.4) is 0 Å². The molecule has 9 heteroatoms. The third kappa shape index (κ3) is 16.3. The Morgan fingerprint density at radius 3 is 2.00 bits per heavy atom. The van der Waals surface area contributed by atoms with Gasteiger partial charge in [-0.25, -0.2) is 9.59 Å². The molecule has 0 bridgehead atoms. The number of ether oxygens (including phenoxy) is 3. The highest BCUT2D eigenvalue weighted by Gasteiger charge is 2.22. The van der Waals surface area contributed by atoms with E-state index in [1.165, 1.54) is 13.0 Å². The van der Waals surface area contributed by atoms with E-state index in [2.05, 4.69) is 22.8 Å². The lowest BCUT2D eigenvalue weighted by Crippen LogP contribution is -2.41. The van der Waals surface area contributed by atoms with Gasteiger partial charge in [0.2, 0.25) is 5.91 Å². The van der Waals surface area contributed by atoms with Crippen LogP contribution in [-0.4, -0.2) is 42.1 Å². The SMILES string of the molecule is CC(=O)Oc1c(CC=C(C)C)cc(/C=C/C(=O)N[C@@H](CCCCNC(=O)OC(C)(C)C)C(=O)OCc2ccccc2)cc1CC=C(C)C. The number of unbranched alkanes of at least 4 members (excludes halogenated alkanes) is 1. The van der Waals surface area contributed by atoms with Gasteiger partial charge in [-0.2, -0.15) is 0 Å². The molecule has 0 aromatic heterocycles. The molecular formula is C39H52N2O7. The summed E-state index contributed by atoms with van der Waals surface area (Å²) in [6, 6.07) is 12.2. The summed E-state index contributed by atoms with van der Waals surface area (Å²) >= 11 is 0. The number of benzene rings is 2. The van der Waals surface area contributed by atoms with Crippen molar-refractivity contribution in [3.05, 3.63) is 94.1 Å². The van der Waals surface area contributed by atoms with Gasteiger partial charge in [-0.3, -0.25) is 9.59 Å². The number of nitrogens with one attached hydrogen (secondary N) is 2. The number of carbonyl (C=O) groups excluding carboxylic acids is 4. The average Bonchev–Trinajstić information content (AvgIpc) is 3.00. The molecule has 0 heterocycles. The summed E-state index contributed by atoms with van der Waals surface area (Å²) in [6.07, 6.45) is 9.23. The van der Waals surface area contributed by atoms with Gasteiger partial charge in [-0.1, -0.05) is 53.6 Å². The van der Waals surface area contributed by atoms with Gasteiger partial charge in [0.1, 0.15) is 24.0 Å². The molecule has 0 fully saturated rings. The van der Waals surface area contributed by atoms with E-state index in [0.29, 0.717) is 44.4 Å². The number of hydrogen-bond donors (Lipinski definition) is 2. The monoisotopic (exact) mass is 660 g/mol. The third-order valence-corrected chi connectivity index (χ3v) is 6.81. The molecule has 0 radical (unpaired) electrons. The van der Waals surface area contributed by atoms with Crippen LogP contribution >= 0.6 is 0 Å². The van der Waals surface area contributed by atoms with E-state index in [1.54, 1.807) is 26.8 Å². The molecule has 9 nitrogen and oxygen atoms in total. The van der Waals surface area contributed by atoms with Crippen molar-refractivity contribution < 1.29 is 33.4 Å². The zero-order chi connectivity index (χ0) is 35.7. The standard InChI is InChI=1S/C39H52N2O7/c1-27(2)17-20-32-24-31(25-33(21-18-28(3)4)36(32)47-29(5)42)19-22-35(43)41-34(37(44)46-26-30-14-10-9-11-15-30)16-12-13-23-40-38(45)48-39(6,7)8/h9-11,14-15,17-19,22,24-25,34H,12-13,16,20-21,23,26H2,1-8H3,(H,40,45)(H,41,43)/b22-19+/t34-/m0/s1. The number of carbonyl (C=O) groups is 4. The van der Waals surface area contributed by atoms with Crippen molar-refractivity contribution in [2.75, 3.05) is 6.54 Å². The van der Waals surface area contributed by atoms with Crippen molar-refractivity contribution in [3.63, 3.8) is 0 Å². The van der Waals surface area contributed by atoms with Crippen LogP contribution in [0.1, 0.15) is 96.9 Å². The third-order valence-electron chi connectivity index (χ3n) is 6.81. The average molecular weight is 661 g/mol. The van der Waals surface area contributed by atoms with Gasteiger partial charge in [0.25, 0.3) is 0 Å². The first kappa shape index (κ1) is 39.5. The van der Waals surface area contributed by atoms with Crippen LogP contribution in [-0.2, 0) is 43.3 Å². The summed E-state index contributed by atoms with van der Waals surface area (Å²) in [6.45, 7) is 15.2. The summed E-state index contributed by atoms with van der Waals surface area (Å²) < 4.78 is 16.5. The van der Waals surface area contributed by atoms with Crippen LogP contribution in [0.25, 0.3) is 6.08 Å². The van der Waals surface area contributed by atoms with Gasteiger partial charge >= 0.3 is 18.0 Å². The number of hydrogen-bond acceptors (Lipinski definition) is 7. The van der Waals surface area contributed by atoms with E-state index in [9.17, 15) is 19.2 Å². The second kappa shape index (κ2) is 19.9. The Morgan fingerprint density at radius 2 is 1.46 bits per heavy atom. The summed E-state index contributed by atoms with van der Waals surface area (Å²) in [4.78, 5) is 50.2. The Hall–Kier alpha value is -4.66. The molecule has 0 unspecified atom stereocenters. The topological polar surface area (TPSA) is 120 Å². The molecule has 48 heavy (non-hydrogen) atoms. The fourth-order valence-electron chi connectivity index (χ4n) is 4.53. The molecule has 2 amide bonds. The lowest BCUT2D eigenvalue weighted by molar-refractivity contribution is -0.149. The van der Waals surface area contributed by atoms with Crippen molar-refractivity contribution in [1.29, 1.82) is 0 Å². The molecule has 2 aromatic rings. The normalized spacial score (nSPS) is 11.7. The second-order valence-electron chi connectivity index (χ2n) is 13.1. The van der Waals surface area contributed by atoms with Gasteiger partial charge in [0.15, 0.2) is 0 Å².